The fraction of sp³-hybridized carbons (Fsp3) is 0.381. The molecular formula is C21H24N4O. The van der Waals surface area contributed by atoms with Gasteiger partial charge in [-0.25, -0.2) is 9.97 Å². The molecule has 26 heavy (non-hydrogen) atoms. The lowest BCUT2D eigenvalue weighted by Crippen LogP contribution is -2.27. The van der Waals surface area contributed by atoms with Gasteiger partial charge in [0.05, 0.1) is 0 Å². The molecule has 0 saturated carbocycles. The van der Waals surface area contributed by atoms with E-state index in [9.17, 15) is 4.79 Å². The van der Waals surface area contributed by atoms with E-state index in [2.05, 4.69) is 23.4 Å². The Morgan fingerprint density at radius 3 is 2.73 bits per heavy atom. The highest BCUT2D eigenvalue weighted by Crippen LogP contribution is 2.26. The second-order valence-electron chi connectivity index (χ2n) is 7.37. The number of carbonyl (C=O) groups excluding carboxylic acids is 1. The van der Waals surface area contributed by atoms with E-state index in [1.807, 2.05) is 41.3 Å². The molecule has 3 heterocycles. The van der Waals surface area contributed by atoms with E-state index >= 15 is 0 Å². The Labute approximate surface area is 153 Å². The molecular weight excluding hydrogens is 324 g/mol. The number of aromatic nitrogens is 3. The van der Waals surface area contributed by atoms with Crippen molar-refractivity contribution in [2.24, 2.45) is 5.92 Å². The molecule has 1 saturated heterocycles. The van der Waals surface area contributed by atoms with Gasteiger partial charge in [-0.05, 0) is 43.0 Å². The molecule has 1 fully saturated rings. The molecule has 2 aromatic heterocycles. The van der Waals surface area contributed by atoms with Crippen molar-refractivity contribution >= 4 is 17.1 Å². The highest BCUT2D eigenvalue weighted by Gasteiger charge is 2.21. The molecule has 0 aliphatic carbocycles. The highest BCUT2D eigenvalue weighted by atomic mass is 16.2. The summed E-state index contributed by atoms with van der Waals surface area (Å²) < 4.78 is 2.17. The minimum absolute atomic E-state index is 0.119. The van der Waals surface area contributed by atoms with E-state index in [4.69, 9.17) is 4.98 Å². The van der Waals surface area contributed by atoms with Crippen LogP contribution in [0, 0.1) is 5.92 Å². The summed E-state index contributed by atoms with van der Waals surface area (Å²) in [6.45, 7) is 6.93. The summed E-state index contributed by atoms with van der Waals surface area (Å²) in [6, 6.07) is 11.7. The van der Waals surface area contributed by atoms with E-state index in [-0.39, 0.29) is 5.91 Å². The van der Waals surface area contributed by atoms with Crippen molar-refractivity contribution in [2.75, 3.05) is 13.1 Å². The maximum absolute atomic E-state index is 12.8. The molecule has 5 heteroatoms. The van der Waals surface area contributed by atoms with Gasteiger partial charge < -0.3 is 9.47 Å². The number of nitrogens with zero attached hydrogens (tertiary/aromatic N) is 4. The molecule has 1 amide bonds. The first-order valence-electron chi connectivity index (χ1n) is 9.34. The number of rotatable bonds is 4. The van der Waals surface area contributed by atoms with Crippen LogP contribution in [0.3, 0.4) is 0 Å². The summed E-state index contributed by atoms with van der Waals surface area (Å²) >= 11 is 0. The van der Waals surface area contributed by atoms with E-state index in [1.54, 1.807) is 6.20 Å². The van der Waals surface area contributed by atoms with Gasteiger partial charge in [-0.2, -0.15) is 0 Å². The minimum Gasteiger partial charge on any atom is -0.339 e. The topological polar surface area (TPSA) is 51.0 Å². The molecule has 0 atom stereocenters. The first-order valence-corrected chi connectivity index (χ1v) is 9.34. The Morgan fingerprint density at radius 1 is 1.15 bits per heavy atom. The number of hydrogen-bond acceptors (Lipinski definition) is 3. The van der Waals surface area contributed by atoms with Gasteiger partial charge in [-0.1, -0.05) is 26.0 Å². The van der Waals surface area contributed by atoms with Crippen molar-refractivity contribution in [3.63, 3.8) is 0 Å². The molecule has 134 valence electrons. The van der Waals surface area contributed by atoms with Crippen LogP contribution in [0.4, 0.5) is 0 Å². The third-order valence-corrected chi connectivity index (χ3v) is 4.81. The lowest BCUT2D eigenvalue weighted by atomic mass is 10.1. The average molecular weight is 348 g/mol. The molecule has 0 radical (unpaired) electrons. The summed E-state index contributed by atoms with van der Waals surface area (Å²) in [5.41, 5.74) is 3.49. The van der Waals surface area contributed by atoms with Crippen molar-refractivity contribution in [3.05, 3.63) is 48.2 Å². The van der Waals surface area contributed by atoms with Gasteiger partial charge in [-0.15, -0.1) is 0 Å². The van der Waals surface area contributed by atoms with E-state index in [0.29, 0.717) is 5.92 Å². The van der Waals surface area contributed by atoms with Crippen LogP contribution in [0.5, 0.6) is 0 Å². The molecule has 5 nitrogen and oxygen atoms in total. The summed E-state index contributed by atoms with van der Waals surface area (Å²) in [4.78, 5) is 24.0. The lowest BCUT2D eigenvalue weighted by molar-refractivity contribution is 0.0793. The minimum atomic E-state index is 0.119. The molecule has 0 spiro atoms. The zero-order chi connectivity index (χ0) is 18.1. The van der Waals surface area contributed by atoms with Gasteiger partial charge in [0.15, 0.2) is 5.65 Å². The molecule has 3 aromatic rings. The summed E-state index contributed by atoms with van der Waals surface area (Å²) in [5.74, 6) is 1.47. The van der Waals surface area contributed by atoms with Crippen LogP contribution in [0.1, 0.15) is 37.0 Å². The lowest BCUT2D eigenvalue weighted by Gasteiger charge is -2.16. The highest BCUT2D eigenvalue weighted by molar-refractivity contribution is 5.95. The Morgan fingerprint density at radius 2 is 1.96 bits per heavy atom. The Bertz CT molecular complexity index is 938. The SMILES string of the molecule is CC(C)Cn1c(-c2cccc(C(=O)N3CCCC3)c2)nc2cccnc21. The average Bonchev–Trinajstić information content (AvgIpc) is 3.30. The van der Waals surface area contributed by atoms with Gasteiger partial charge >= 0.3 is 0 Å². The van der Waals surface area contributed by atoms with Gasteiger partial charge in [0.2, 0.25) is 0 Å². The first kappa shape index (κ1) is 16.8. The predicted octanol–water partition coefficient (Wildman–Crippen LogP) is 3.99. The Kier molecular flexibility index (Phi) is 4.45. The van der Waals surface area contributed by atoms with E-state index in [1.165, 1.54) is 0 Å². The molecule has 1 aliphatic heterocycles. The predicted molar refractivity (Wildman–Crippen MR) is 103 cm³/mol. The van der Waals surface area contributed by atoms with Gasteiger partial charge in [0.25, 0.3) is 5.91 Å². The molecule has 4 rings (SSSR count). The zero-order valence-corrected chi connectivity index (χ0v) is 15.4. The van der Waals surface area contributed by atoms with Crippen LogP contribution in [0.15, 0.2) is 42.6 Å². The normalized spacial score (nSPS) is 14.5. The fourth-order valence-corrected chi connectivity index (χ4v) is 3.61. The molecule has 1 aliphatic rings. The van der Waals surface area contributed by atoms with Crippen LogP contribution in [-0.4, -0.2) is 38.4 Å². The van der Waals surface area contributed by atoms with Crippen molar-refractivity contribution in [3.8, 4) is 11.4 Å². The van der Waals surface area contributed by atoms with Crippen molar-refractivity contribution in [1.29, 1.82) is 0 Å². The van der Waals surface area contributed by atoms with E-state index < -0.39 is 0 Å². The number of amides is 1. The maximum Gasteiger partial charge on any atom is 0.253 e. The van der Waals surface area contributed by atoms with Crippen molar-refractivity contribution in [1.82, 2.24) is 19.4 Å². The third-order valence-electron chi connectivity index (χ3n) is 4.81. The summed E-state index contributed by atoms with van der Waals surface area (Å²) in [5, 5.41) is 0. The van der Waals surface area contributed by atoms with Crippen LogP contribution in [0.25, 0.3) is 22.6 Å². The Hall–Kier alpha value is -2.69. The quantitative estimate of drug-likeness (QED) is 0.716. The van der Waals surface area contributed by atoms with Crippen LogP contribution in [-0.2, 0) is 6.54 Å². The van der Waals surface area contributed by atoms with Gasteiger partial charge in [0.1, 0.15) is 11.3 Å². The molecule has 0 bridgehead atoms. The van der Waals surface area contributed by atoms with Crippen LogP contribution >= 0.6 is 0 Å². The van der Waals surface area contributed by atoms with Gasteiger partial charge in [0, 0.05) is 37.0 Å². The van der Waals surface area contributed by atoms with Crippen LogP contribution in [0.2, 0.25) is 0 Å². The van der Waals surface area contributed by atoms with Crippen LogP contribution < -0.4 is 0 Å². The zero-order valence-electron chi connectivity index (χ0n) is 15.4. The Balaban J connectivity index is 1.77. The van der Waals surface area contributed by atoms with E-state index in [0.717, 1.165) is 60.6 Å². The van der Waals surface area contributed by atoms with Crippen molar-refractivity contribution in [2.45, 2.75) is 33.2 Å². The van der Waals surface area contributed by atoms with Gasteiger partial charge in [-0.3, -0.25) is 4.79 Å². The smallest absolute Gasteiger partial charge is 0.253 e. The molecule has 0 unspecified atom stereocenters. The number of carbonyl (C=O) groups is 1. The number of pyridine rings is 1. The maximum atomic E-state index is 12.8. The summed E-state index contributed by atoms with van der Waals surface area (Å²) in [6.07, 6.45) is 4.00. The number of fused-ring (bicyclic) bond motifs is 1. The summed E-state index contributed by atoms with van der Waals surface area (Å²) in [7, 11) is 0. The number of hydrogen-bond donors (Lipinski definition) is 0. The number of benzene rings is 1. The largest absolute Gasteiger partial charge is 0.339 e. The molecule has 1 aromatic carbocycles. The standard InChI is InChI=1S/C21H24N4O/c1-15(2)14-25-19(23-18-9-6-10-22-20(18)25)16-7-5-8-17(13-16)21(26)24-11-3-4-12-24/h5-10,13,15H,3-4,11-12,14H2,1-2H3. The number of likely N-dealkylation sites (tertiary alicyclic amines) is 1. The van der Waals surface area contributed by atoms with Crippen molar-refractivity contribution < 1.29 is 4.79 Å². The fourth-order valence-electron chi connectivity index (χ4n) is 3.61. The molecule has 0 N–H and O–H groups in total. The monoisotopic (exact) mass is 348 g/mol. The first-order chi connectivity index (χ1) is 12.6. The third kappa shape index (κ3) is 3.09. The second-order valence-corrected chi connectivity index (χ2v) is 7.37. The number of imidazole rings is 1. The second kappa shape index (κ2) is 6.90.